The summed E-state index contributed by atoms with van der Waals surface area (Å²) in [6.45, 7) is 0. The van der Waals surface area contributed by atoms with Crippen LogP contribution in [0.15, 0.2) is 30.3 Å². The van der Waals surface area contributed by atoms with Crippen LogP contribution in [-0.4, -0.2) is 12.1 Å². The fraction of sp³-hybridized carbons (Fsp3) is 0.571. The third-order valence-corrected chi connectivity index (χ3v) is 3.28. The van der Waals surface area contributed by atoms with E-state index in [-0.39, 0.29) is 12.1 Å². The molecule has 0 heterocycles. The van der Waals surface area contributed by atoms with Crippen LogP contribution in [-0.2, 0) is 0 Å². The van der Waals surface area contributed by atoms with Crippen LogP contribution in [0.4, 0.5) is 0 Å². The summed E-state index contributed by atoms with van der Waals surface area (Å²) in [5.41, 5.74) is 6.17. The van der Waals surface area contributed by atoms with Gasteiger partial charge in [-0.15, -0.1) is 0 Å². The van der Waals surface area contributed by atoms with Crippen molar-refractivity contribution in [2.75, 3.05) is 0 Å². The standard InChI is InChI=1S/C14H21NO/c15-13-10-6-1-2-7-11-14(13)16-12-8-4-3-5-9-12/h3-5,8-9,13-14H,1-2,6-7,10-11,15H2. The molecule has 2 rings (SSSR count). The van der Waals surface area contributed by atoms with Crippen molar-refractivity contribution in [2.24, 2.45) is 5.73 Å². The van der Waals surface area contributed by atoms with Gasteiger partial charge in [-0.1, -0.05) is 37.5 Å². The minimum absolute atomic E-state index is 0.195. The Morgan fingerprint density at radius 2 is 1.62 bits per heavy atom. The fourth-order valence-electron chi connectivity index (χ4n) is 2.30. The van der Waals surface area contributed by atoms with Crippen molar-refractivity contribution in [3.63, 3.8) is 0 Å². The second-order valence-electron chi connectivity index (χ2n) is 4.62. The van der Waals surface area contributed by atoms with Crippen LogP contribution in [0.5, 0.6) is 5.75 Å². The Morgan fingerprint density at radius 1 is 0.938 bits per heavy atom. The molecule has 0 aliphatic heterocycles. The maximum atomic E-state index is 6.17. The Kier molecular flexibility index (Phi) is 4.23. The predicted octanol–water partition coefficient (Wildman–Crippen LogP) is 3.12. The summed E-state index contributed by atoms with van der Waals surface area (Å²) in [6.07, 6.45) is 7.52. The van der Waals surface area contributed by atoms with Crippen LogP contribution in [0.2, 0.25) is 0 Å². The van der Waals surface area contributed by atoms with E-state index in [1.54, 1.807) is 0 Å². The molecular formula is C14H21NO. The van der Waals surface area contributed by atoms with E-state index in [4.69, 9.17) is 10.5 Å². The number of hydrogen-bond acceptors (Lipinski definition) is 2. The van der Waals surface area contributed by atoms with Crippen LogP contribution in [0.1, 0.15) is 38.5 Å². The summed E-state index contributed by atoms with van der Waals surface area (Å²) in [4.78, 5) is 0. The molecule has 0 bridgehead atoms. The first kappa shape index (κ1) is 11.5. The molecule has 2 N–H and O–H groups in total. The van der Waals surface area contributed by atoms with Crippen LogP contribution in [0.3, 0.4) is 0 Å². The first-order valence-electron chi connectivity index (χ1n) is 6.33. The predicted molar refractivity (Wildman–Crippen MR) is 66.5 cm³/mol. The Labute approximate surface area is 97.8 Å². The van der Waals surface area contributed by atoms with E-state index in [1.807, 2.05) is 30.3 Å². The highest BCUT2D eigenvalue weighted by Crippen LogP contribution is 2.21. The molecule has 1 fully saturated rings. The molecule has 2 atom stereocenters. The first-order chi connectivity index (χ1) is 7.86. The molecular weight excluding hydrogens is 198 g/mol. The summed E-state index contributed by atoms with van der Waals surface area (Å²) in [7, 11) is 0. The molecule has 1 aromatic rings. The zero-order valence-electron chi connectivity index (χ0n) is 9.77. The Bertz CT molecular complexity index is 299. The molecule has 1 aliphatic rings. The molecule has 1 saturated carbocycles. The topological polar surface area (TPSA) is 35.2 Å². The zero-order chi connectivity index (χ0) is 11.2. The molecule has 2 unspecified atom stereocenters. The highest BCUT2D eigenvalue weighted by atomic mass is 16.5. The van der Waals surface area contributed by atoms with Gasteiger partial charge >= 0.3 is 0 Å². The van der Waals surface area contributed by atoms with Gasteiger partial charge < -0.3 is 10.5 Å². The summed E-state index contributed by atoms with van der Waals surface area (Å²) in [5.74, 6) is 0.948. The second kappa shape index (κ2) is 5.90. The maximum absolute atomic E-state index is 6.17. The Balaban J connectivity index is 1.95. The third-order valence-electron chi connectivity index (χ3n) is 3.28. The molecule has 1 aromatic carbocycles. The van der Waals surface area contributed by atoms with Crippen molar-refractivity contribution in [1.82, 2.24) is 0 Å². The monoisotopic (exact) mass is 219 g/mol. The molecule has 0 spiro atoms. The molecule has 1 aliphatic carbocycles. The van der Waals surface area contributed by atoms with E-state index in [0.29, 0.717) is 0 Å². The van der Waals surface area contributed by atoms with Crippen LogP contribution in [0.25, 0.3) is 0 Å². The minimum Gasteiger partial charge on any atom is -0.489 e. The molecule has 2 heteroatoms. The van der Waals surface area contributed by atoms with E-state index in [0.717, 1.165) is 18.6 Å². The smallest absolute Gasteiger partial charge is 0.119 e. The van der Waals surface area contributed by atoms with Crippen LogP contribution < -0.4 is 10.5 Å². The van der Waals surface area contributed by atoms with Gasteiger partial charge in [-0.25, -0.2) is 0 Å². The quantitative estimate of drug-likeness (QED) is 0.829. The van der Waals surface area contributed by atoms with Crippen LogP contribution in [0, 0.1) is 0 Å². The van der Waals surface area contributed by atoms with Gasteiger partial charge in [0.1, 0.15) is 11.9 Å². The van der Waals surface area contributed by atoms with Gasteiger partial charge in [0.05, 0.1) is 0 Å². The van der Waals surface area contributed by atoms with E-state index in [2.05, 4.69) is 0 Å². The lowest BCUT2D eigenvalue weighted by Crippen LogP contribution is -2.39. The van der Waals surface area contributed by atoms with E-state index in [9.17, 15) is 0 Å². The van der Waals surface area contributed by atoms with E-state index >= 15 is 0 Å². The molecule has 0 amide bonds. The van der Waals surface area contributed by atoms with Gasteiger partial charge in [0, 0.05) is 6.04 Å². The molecule has 2 nitrogen and oxygen atoms in total. The average Bonchev–Trinajstić information content (AvgIpc) is 2.30. The third kappa shape index (κ3) is 3.24. The van der Waals surface area contributed by atoms with Crippen molar-refractivity contribution in [3.05, 3.63) is 30.3 Å². The summed E-state index contributed by atoms with van der Waals surface area (Å²) >= 11 is 0. The van der Waals surface area contributed by atoms with Gasteiger partial charge in [0.2, 0.25) is 0 Å². The Hall–Kier alpha value is -1.02. The normalized spacial score (nSPS) is 26.8. The largest absolute Gasteiger partial charge is 0.489 e. The maximum Gasteiger partial charge on any atom is 0.119 e. The highest BCUT2D eigenvalue weighted by molar-refractivity contribution is 5.21. The molecule has 0 saturated heterocycles. The number of ether oxygens (including phenoxy) is 1. The van der Waals surface area contributed by atoms with Crippen molar-refractivity contribution >= 4 is 0 Å². The van der Waals surface area contributed by atoms with Crippen LogP contribution >= 0.6 is 0 Å². The van der Waals surface area contributed by atoms with Gasteiger partial charge in [0.15, 0.2) is 0 Å². The number of para-hydroxylation sites is 1. The van der Waals surface area contributed by atoms with Crippen molar-refractivity contribution in [3.8, 4) is 5.75 Å². The van der Waals surface area contributed by atoms with Gasteiger partial charge in [0.25, 0.3) is 0 Å². The number of benzene rings is 1. The number of hydrogen-bond donors (Lipinski definition) is 1. The number of nitrogens with two attached hydrogens (primary N) is 1. The lowest BCUT2D eigenvalue weighted by atomic mass is 9.95. The summed E-state index contributed by atoms with van der Waals surface area (Å²) < 4.78 is 5.98. The molecule has 0 radical (unpaired) electrons. The molecule has 88 valence electrons. The first-order valence-corrected chi connectivity index (χ1v) is 6.33. The lowest BCUT2D eigenvalue weighted by molar-refractivity contribution is 0.145. The van der Waals surface area contributed by atoms with Crippen molar-refractivity contribution in [2.45, 2.75) is 50.7 Å². The SMILES string of the molecule is NC1CCCCCCC1Oc1ccccc1. The van der Waals surface area contributed by atoms with Gasteiger partial charge in [-0.3, -0.25) is 0 Å². The molecule has 0 aromatic heterocycles. The van der Waals surface area contributed by atoms with Crippen molar-refractivity contribution < 1.29 is 4.74 Å². The zero-order valence-corrected chi connectivity index (χ0v) is 9.77. The average molecular weight is 219 g/mol. The summed E-state index contributed by atoms with van der Waals surface area (Å²) in [5, 5.41) is 0. The van der Waals surface area contributed by atoms with Gasteiger partial charge in [-0.05, 0) is 31.4 Å². The Morgan fingerprint density at radius 3 is 2.38 bits per heavy atom. The van der Waals surface area contributed by atoms with E-state index in [1.165, 1.54) is 25.7 Å². The van der Waals surface area contributed by atoms with Gasteiger partial charge in [-0.2, -0.15) is 0 Å². The lowest BCUT2D eigenvalue weighted by Gasteiger charge is -2.27. The minimum atomic E-state index is 0.195. The molecule has 16 heavy (non-hydrogen) atoms. The van der Waals surface area contributed by atoms with Crippen molar-refractivity contribution in [1.29, 1.82) is 0 Å². The fourth-order valence-corrected chi connectivity index (χ4v) is 2.30. The highest BCUT2D eigenvalue weighted by Gasteiger charge is 2.20. The summed E-state index contributed by atoms with van der Waals surface area (Å²) in [6, 6.07) is 10.2. The second-order valence-corrected chi connectivity index (χ2v) is 4.62. The number of rotatable bonds is 2. The van der Waals surface area contributed by atoms with E-state index < -0.39 is 0 Å².